The fourth-order valence-corrected chi connectivity index (χ4v) is 8.06. The van der Waals surface area contributed by atoms with Crippen LogP contribution in [-0.4, -0.2) is 61.3 Å². The van der Waals surface area contributed by atoms with Crippen LogP contribution in [0.3, 0.4) is 0 Å². The number of carbonyl (C=O) groups excluding carboxylic acids is 1. The Kier molecular flexibility index (Phi) is 7.48. The Bertz CT molecular complexity index is 1120. The highest BCUT2D eigenvalue weighted by molar-refractivity contribution is 5.80. The van der Waals surface area contributed by atoms with Crippen LogP contribution in [0.15, 0.2) is 48.5 Å². The molecule has 3 N–H and O–H groups in total. The van der Waals surface area contributed by atoms with E-state index < -0.39 is 6.10 Å². The zero-order valence-electron chi connectivity index (χ0n) is 22.7. The van der Waals surface area contributed by atoms with Gasteiger partial charge in [0.05, 0.1) is 12.0 Å². The summed E-state index contributed by atoms with van der Waals surface area (Å²) < 4.78 is 6.12. The molecule has 0 spiro atoms. The Morgan fingerprint density at radius 2 is 1.97 bits per heavy atom. The van der Waals surface area contributed by atoms with Gasteiger partial charge in [0.2, 0.25) is 5.91 Å². The highest BCUT2D eigenvalue weighted by Gasteiger charge is 2.59. The Morgan fingerprint density at radius 3 is 2.79 bits per heavy atom. The second kappa shape index (κ2) is 11.0. The average molecular weight is 518 g/mol. The maximum atomic E-state index is 13.2. The first-order valence-corrected chi connectivity index (χ1v) is 14.7. The lowest BCUT2D eigenvalue weighted by atomic mass is 9.55. The summed E-state index contributed by atoms with van der Waals surface area (Å²) in [5.74, 6) is 2.15. The molecule has 1 aliphatic heterocycles. The van der Waals surface area contributed by atoms with Crippen molar-refractivity contribution in [1.82, 2.24) is 15.5 Å². The molecule has 6 nitrogen and oxygen atoms in total. The van der Waals surface area contributed by atoms with E-state index in [2.05, 4.69) is 52.8 Å². The highest BCUT2D eigenvalue weighted by atomic mass is 16.5. The zero-order valence-corrected chi connectivity index (χ0v) is 22.7. The van der Waals surface area contributed by atoms with E-state index >= 15 is 0 Å². The minimum absolute atomic E-state index is 0.0521. The van der Waals surface area contributed by atoms with Gasteiger partial charge >= 0.3 is 0 Å². The number of amides is 1. The van der Waals surface area contributed by atoms with Crippen molar-refractivity contribution in [3.8, 4) is 5.75 Å². The topological polar surface area (TPSA) is 73.8 Å². The number of aryl methyl sites for hydroxylation is 1. The second-order valence-electron chi connectivity index (χ2n) is 12.3. The molecule has 1 saturated heterocycles. The van der Waals surface area contributed by atoms with Crippen molar-refractivity contribution in [3.05, 3.63) is 65.2 Å². The molecule has 1 heterocycles. The van der Waals surface area contributed by atoms with Crippen LogP contribution in [0, 0.1) is 23.2 Å². The van der Waals surface area contributed by atoms with Gasteiger partial charge in [-0.25, -0.2) is 0 Å². The van der Waals surface area contributed by atoms with Crippen LogP contribution in [0.25, 0.3) is 0 Å². The van der Waals surface area contributed by atoms with Crippen LogP contribution in [0.5, 0.6) is 5.75 Å². The Morgan fingerprint density at radius 1 is 1.16 bits per heavy atom. The molecule has 1 amide bonds. The quantitative estimate of drug-likeness (QED) is 0.522. The predicted molar refractivity (Wildman–Crippen MR) is 149 cm³/mol. The monoisotopic (exact) mass is 517 g/mol. The van der Waals surface area contributed by atoms with E-state index in [1.165, 1.54) is 16.7 Å². The van der Waals surface area contributed by atoms with E-state index in [-0.39, 0.29) is 17.2 Å². The number of nitrogens with one attached hydrogen (secondary N) is 2. The fraction of sp³-hybridized carbons (Fsp3) is 0.594. The number of rotatable bonds is 7. The van der Waals surface area contributed by atoms with E-state index in [0.29, 0.717) is 30.9 Å². The van der Waals surface area contributed by atoms with E-state index in [1.54, 1.807) is 0 Å². The first-order valence-electron chi connectivity index (χ1n) is 14.7. The molecule has 6 unspecified atom stereocenters. The molecule has 0 radical (unpaired) electrons. The van der Waals surface area contributed by atoms with Gasteiger partial charge in [-0.05, 0) is 84.1 Å². The van der Waals surface area contributed by atoms with E-state index in [4.69, 9.17) is 4.74 Å². The highest BCUT2D eigenvalue weighted by Crippen LogP contribution is 2.62. The number of nitrogens with zero attached hydrogens (tertiary/aromatic N) is 1. The number of ether oxygens (including phenoxy) is 1. The number of piperazine rings is 1. The first kappa shape index (κ1) is 25.8. The lowest BCUT2D eigenvalue weighted by Crippen LogP contribution is -2.48. The molecule has 38 heavy (non-hydrogen) atoms. The minimum Gasteiger partial charge on any atom is -0.489 e. The number of fused-ring (bicyclic) bond motifs is 5. The standard InChI is InChI=1S/C32H43N3O3/c1-32-12-11-26-25-10-8-24(38-21-22-5-3-2-4-6-22)19-23(25)7-9-27(26)29(32)20-28(30(32)36)31(37)34-15-18-35-16-13-33-14-17-35/h2-6,8,10,19,26-30,33,36H,7,9,11-18,20-21H2,1H3,(H,34,37). The number of carbonyl (C=O) groups is 1. The molecule has 204 valence electrons. The number of aliphatic hydroxyl groups is 1. The second-order valence-corrected chi connectivity index (χ2v) is 12.3. The lowest BCUT2D eigenvalue weighted by molar-refractivity contribution is -0.129. The summed E-state index contributed by atoms with van der Waals surface area (Å²) in [6, 6.07) is 17.0. The number of aliphatic hydroxyl groups excluding tert-OH is 1. The smallest absolute Gasteiger partial charge is 0.225 e. The zero-order chi connectivity index (χ0) is 26.1. The van der Waals surface area contributed by atoms with Crippen LogP contribution in [0.1, 0.15) is 55.2 Å². The molecule has 0 bridgehead atoms. The molecule has 2 saturated carbocycles. The van der Waals surface area contributed by atoms with Crippen molar-refractivity contribution in [2.45, 2.75) is 57.7 Å². The van der Waals surface area contributed by atoms with E-state index in [9.17, 15) is 9.90 Å². The number of hydrogen-bond donors (Lipinski definition) is 3. The molecular weight excluding hydrogens is 474 g/mol. The first-order chi connectivity index (χ1) is 18.5. The Hall–Kier alpha value is -2.41. The van der Waals surface area contributed by atoms with Crippen LogP contribution in [0.4, 0.5) is 0 Å². The number of benzene rings is 2. The lowest BCUT2D eigenvalue weighted by Gasteiger charge is -2.50. The van der Waals surface area contributed by atoms with E-state index in [1.807, 2.05) is 18.2 Å². The summed E-state index contributed by atoms with van der Waals surface area (Å²) in [7, 11) is 0. The Labute approximate surface area is 227 Å². The van der Waals surface area contributed by atoms with Gasteiger partial charge in [-0.2, -0.15) is 0 Å². The van der Waals surface area contributed by atoms with Gasteiger partial charge in [-0.15, -0.1) is 0 Å². The summed E-state index contributed by atoms with van der Waals surface area (Å²) in [4.78, 5) is 15.6. The van der Waals surface area contributed by atoms with Crippen LogP contribution in [0.2, 0.25) is 0 Å². The van der Waals surface area contributed by atoms with Crippen molar-refractivity contribution < 1.29 is 14.6 Å². The van der Waals surface area contributed by atoms with Crippen molar-refractivity contribution in [2.24, 2.45) is 23.2 Å². The van der Waals surface area contributed by atoms with Gasteiger partial charge < -0.3 is 20.5 Å². The van der Waals surface area contributed by atoms with Gasteiger partial charge in [-0.3, -0.25) is 9.69 Å². The van der Waals surface area contributed by atoms with Crippen molar-refractivity contribution in [3.63, 3.8) is 0 Å². The summed E-state index contributed by atoms with van der Waals surface area (Å²) in [6.07, 6.45) is 4.50. The van der Waals surface area contributed by atoms with Gasteiger partial charge in [-0.1, -0.05) is 43.3 Å². The molecule has 2 aromatic carbocycles. The third-order valence-corrected chi connectivity index (χ3v) is 10.2. The van der Waals surface area contributed by atoms with Crippen LogP contribution in [-0.2, 0) is 17.8 Å². The summed E-state index contributed by atoms with van der Waals surface area (Å²) >= 11 is 0. The molecule has 4 aliphatic rings. The molecule has 6 heteroatoms. The molecule has 2 aromatic rings. The van der Waals surface area contributed by atoms with Crippen molar-refractivity contribution in [1.29, 1.82) is 0 Å². The third-order valence-electron chi connectivity index (χ3n) is 10.2. The van der Waals surface area contributed by atoms with Crippen molar-refractivity contribution in [2.75, 3.05) is 39.3 Å². The predicted octanol–water partition coefficient (Wildman–Crippen LogP) is 3.73. The summed E-state index contributed by atoms with van der Waals surface area (Å²) in [5, 5.41) is 18.0. The third kappa shape index (κ3) is 4.99. The van der Waals surface area contributed by atoms with Gasteiger partial charge in [0.1, 0.15) is 12.4 Å². The SMILES string of the molecule is CC12CCC3c4ccc(OCc5ccccc5)cc4CCC3C1CC(C(=O)NCCN1CCNCC1)C2O. The maximum Gasteiger partial charge on any atom is 0.225 e. The van der Waals surface area contributed by atoms with Gasteiger partial charge in [0, 0.05) is 39.3 Å². The normalized spacial score (nSPS) is 32.6. The molecule has 0 aromatic heterocycles. The largest absolute Gasteiger partial charge is 0.489 e. The maximum absolute atomic E-state index is 13.2. The fourth-order valence-electron chi connectivity index (χ4n) is 8.06. The van der Waals surface area contributed by atoms with Crippen molar-refractivity contribution >= 4 is 5.91 Å². The van der Waals surface area contributed by atoms with Crippen LogP contribution >= 0.6 is 0 Å². The Balaban J connectivity index is 1.10. The van der Waals surface area contributed by atoms with Gasteiger partial charge in [0.15, 0.2) is 0 Å². The van der Waals surface area contributed by atoms with Gasteiger partial charge in [0.25, 0.3) is 0 Å². The molecular formula is C32H43N3O3. The van der Waals surface area contributed by atoms with E-state index in [0.717, 1.165) is 70.6 Å². The average Bonchev–Trinajstić information content (AvgIpc) is 3.23. The molecule has 6 atom stereocenters. The molecule has 3 aliphatic carbocycles. The summed E-state index contributed by atoms with van der Waals surface area (Å²) in [5.41, 5.74) is 3.90. The summed E-state index contributed by atoms with van der Waals surface area (Å²) in [6.45, 7) is 8.49. The molecule has 3 fully saturated rings. The minimum atomic E-state index is -0.553. The molecule has 6 rings (SSSR count). The number of hydrogen-bond acceptors (Lipinski definition) is 5. The van der Waals surface area contributed by atoms with Crippen LogP contribution < -0.4 is 15.4 Å².